The zero-order valence-electron chi connectivity index (χ0n) is 1.62. The van der Waals surface area contributed by atoms with E-state index in [2.05, 4.69) is 0 Å². The Balaban J connectivity index is 0. The number of rotatable bonds is 0. The molecule has 4 heteroatoms. The fourth-order valence-corrected chi connectivity index (χ4v) is 0. The molecule has 0 aliphatic heterocycles. The van der Waals surface area contributed by atoms with Crippen LogP contribution in [0.2, 0.25) is 0 Å². The van der Waals surface area contributed by atoms with Gasteiger partial charge in [0.05, 0.1) is 0 Å². The summed E-state index contributed by atoms with van der Waals surface area (Å²) in [6.07, 6.45) is 0. The van der Waals surface area contributed by atoms with E-state index in [9.17, 15) is 0 Å². The maximum absolute atomic E-state index is 0. The van der Waals surface area contributed by atoms with Crippen molar-refractivity contribution in [1.82, 2.24) is 0 Å². The van der Waals surface area contributed by atoms with E-state index in [4.69, 9.17) is 0 Å². The second kappa shape index (κ2) is 20.9. The molecule has 0 atom stereocenters. The van der Waals surface area contributed by atoms with E-state index in [0.717, 1.165) is 0 Å². The van der Waals surface area contributed by atoms with Crippen LogP contribution in [0.3, 0.4) is 0 Å². The molecule has 0 spiro atoms. The minimum absolute atomic E-state index is 0. The summed E-state index contributed by atoms with van der Waals surface area (Å²) in [4.78, 5) is 0. The van der Waals surface area contributed by atoms with Gasteiger partial charge in [0.1, 0.15) is 0 Å². The Morgan fingerprint density at radius 1 is 1.00 bits per heavy atom. The fraction of sp³-hybridized carbons (Fsp3) is 0. The van der Waals surface area contributed by atoms with Gasteiger partial charge in [0.2, 0.25) is 0 Å². The van der Waals surface area contributed by atoms with Crippen LogP contribution < -0.4 is 0 Å². The first-order valence-corrected chi connectivity index (χ1v) is 0. The molecule has 0 N–H and O–H groups in total. The van der Waals surface area contributed by atoms with Gasteiger partial charge in [-0.1, -0.05) is 0 Å². The molecule has 0 unspecified atom stereocenters. The van der Waals surface area contributed by atoms with Gasteiger partial charge in [0.15, 0.2) is 0 Å². The van der Waals surface area contributed by atoms with E-state index < -0.39 is 0 Å². The monoisotopic (exact) mass is 233 g/mol. The summed E-state index contributed by atoms with van der Waals surface area (Å²) in [5.74, 6) is 0. The van der Waals surface area contributed by atoms with Gasteiger partial charge in [-0.05, 0) is 0 Å². The van der Waals surface area contributed by atoms with Gasteiger partial charge < -0.3 is 0 Å². The average Bonchev–Trinajstić information content (AvgIpc) is 0. The van der Waals surface area contributed by atoms with Crippen LogP contribution >= 0.6 is 12.4 Å². The first-order valence-electron chi connectivity index (χ1n) is 0. The molecule has 0 saturated carbocycles. The van der Waals surface area contributed by atoms with Crippen molar-refractivity contribution in [3.05, 3.63) is 0 Å². The summed E-state index contributed by atoms with van der Waals surface area (Å²) in [5.41, 5.74) is 0. The minimum atomic E-state index is 0. The van der Waals surface area contributed by atoms with Gasteiger partial charge in [-0.3, -0.25) is 0 Å². The molecule has 0 aromatic rings. The van der Waals surface area contributed by atoms with E-state index >= 15 is 0 Å². The van der Waals surface area contributed by atoms with Crippen LogP contribution in [0, 0.1) is 0 Å². The number of hydrogen-bond acceptors (Lipinski definition) is 0. The van der Waals surface area contributed by atoms with E-state index in [1.807, 2.05) is 0 Å². The molecule has 0 aromatic carbocycles. The molecule has 0 fully saturated rings. The Morgan fingerprint density at radius 2 is 1.00 bits per heavy atom. The van der Waals surface area contributed by atoms with E-state index in [1.54, 1.807) is 0 Å². The van der Waals surface area contributed by atoms with Crippen molar-refractivity contribution in [3.8, 4) is 0 Å². The molecule has 0 aliphatic carbocycles. The van der Waals surface area contributed by atoms with Crippen LogP contribution in [0.1, 0.15) is 0 Å². The molecule has 0 saturated heterocycles. The van der Waals surface area contributed by atoms with Crippen molar-refractivity contribution < 1.29 is 34.4 Å². The molecule has 0 amide bonds. The van der Waals surface area contributed by atoms with Crippen LogP contribution in [0.25, 0.3) is 0 Å². The molecule has 0 aromatic heterocycles. The van der Waals surface area contributed by atoms with E-state index in [1.165, 1.54) is 0 Å². The van der Waals surface area contributed by atoms with Crippen LogP contribution in [-0.2, 0) is 34.4 Å². The maximum atomic E-state index is 0. The second-order valence-electron chi connectivity index (χ2n) is 0. The third-order valence-electron chi connectivity index (χ3n) is 0. The molecule has 0 aliphatic rings. The molecule has 1 radical (unpaired) electrons. The molecule has 0 bridgehead atoms. The third kappa shape index (κ3) is 9.12. The Labute approximate surface area is 63.6 Å². The van der Waals surface area contributed by atoms with Gasteiger partial charge >= 0.3 is 17.1 Å². The standard InChI is InChI=1S/ClH.Cr.Cu.H2Se/h1H;;;1H2. The van der Waals surface area contributed by atoms with Crippen LogP contribution in [0.15, 0.2) is 0 Å². The molecule has 33 valence electrons. The SMILES string of the molecule is Cl.[Cr].[Cu].[SeH2]. The van der Waals surface area contributed by atoms with Crippen LogP contribution in [0.5, 0.6) is 0 Å². The van der Waals surface area contributed by atoms with Gasteiger partial charge in [0, 0.05) is 34.4 Å². The average molecular weight is 233 g/mol. The Kier molecular flexibility index (Phi) is 209. The molecular weight excluding hydrogens is 230 g/mol. The van der Waals surface area contributed by atoms with Crippen LogP contribution in [0.4, 0.5) is 0 Å². The Morgan fingerprint density at radius 3 is 1.00 bits per heavy atom. The summed E-state index contributed by atoms with van der Waals surface area (Å²) in [5, 5.41) is 0. The summed E-state index contributed by atoms with van der Waals surface area (Å²) >= 11 is 0. The number of halogens is 1. The Hall–Kier alpha value is 1.86. The van der Waals surface area contributed by atoms with Crippen molar-refractivity contribution in [1.29, 1.82) is 0 Å². The summed E-state index contributed by atoms with van der Waals surface area (Å²) < 4.78 is 0. The van der Waals surface area contributed by atoms with E-state index in [0.29, 0.717) is 0 Å². The summed E-state index contributed by atoms with van der Waals surface area (Å²) in [7, 11) is 0. The third-order valence-corrected chi connectivity index (χ3v) is 0. The van der Waals surface area contributed by atoms with Crippen molar-refractivity contribution in [2.24, 2.45) is 0 Å². The predicted octanol–water partition coefficient (Wildman–Crippen LogP) is -0.499. The molecule has 0 heterocycles. The van der Waals surface area contributed by atoms with E-state index in [-0.39, 0.29) is 63.9 Å². The van der Waals surface area contributed by atoms with Crippen molar-refractivity contribution in [2.45, 2.75) is 0 Å². The van der Waals surface area contributed by atoms with Crippen molar-refractivity contribution >= 4 is 29.5 Å². The summed E-state index contributed by atoms with van der Waals surface area (Å²) in [6, 6.07) is 0. The quantitative estimate of drug-likeness (QED) is 0.495. The van der Waals surface area contributed by atoms with Gasteiger partial charge in [-0.2, -0.15) is 0 Å². The topological polar surface area (TPSA) is 0 Å². The van der Waals surface area contributed by atoms with Gasteiger partial charge in [-0.15, -0.1) is 12.4 Å². The molecule has 0 nitrogen and oxygen atoms in total. The van der Waals surface area contributed by atoms with Crippen molar-refractivity contribution in [2.75, 3.05) is 0 Å². The molecule has 4 heavy (non-hydrogen) atoms. The first kappa shape index (κ1) is 40.0. The first-order chi connectivity index (χ1) is 0. The molecular formula is H3ClCrCuSe. The van der Waals surface area contributed by atoms with Gasteiger partial charge in [0.25, 0.3) is 0 Å². The molecule has 0 rings (SSSR count). The normalized spacial score (nSPS) is 0. The predicted molar refractivity (Wildman–Crippen MR) is 15.8 cm³/mol. The van der Waals surface area contributed by atoms with Crippen molar-refractivity contribution in [3.63, 3.8) is 0 Å². The van der Waals surface area contributed by atoms with Gasteiger partial charge in [-0.25, -0.2) is 0 Å². The second-order valence-corrected chi connectivity index (χ2v) is 0. The fourth-order valence-electron chi connectivity index (χ4n) is 0. The Bertz CT molecular complexity index is 8.00. The zero-order chi connectivity index (χ0) is 0. The number of hydrogen-bond donors (Lipinski definition) is 0. The van der Waals surface area contributed by atoms with Crippen LogP contribution in [-0.4, -0.2) is 17.1 Å². The zero-order valence-corrected chi connectivity index (χ0v) is 6.75. The summed E-state index contributed by atoms with van der Waals surface area (Å²) in [6.45, 7) is 0.